The molecule has 0 aliphatic rings. The SMILES string of the molecule is Cc1nc(C)n(-c2ccc(-c3cc(F)c(CO)c(S(C)(=O)=O)c3)cc2-n2nncc2-c2ccc(OC(F)(F)F)cc2)c1Cl. The molecule has 0 atom stereocenters. The van der Waals surface area contributed by atoms with Gasteiger partial charge in [-0.2, -0.15) is 0 Å². The Morgan fingerprint density at radius 3 is 2.23 bits per heavy atom. The fourth-order valence-electron chi connectivity index (χ4n) is 4.68. The summed E-state index contributed by atoms with van der Waals surface area (Å²) in [7, 11) is -3.91. The molecule has 1 N–H and O–H groups in total. The van der Waals surface area contributed by atoms with Crippen LogP contribution in [0.1, 0.15) is 17.1 Å². The van der Waals surface area contributed by atoms with E-state index in [1.807, 2.05) is 0 Å². The van der Waals surface area contributed by atoms with Gasteiger partial charge in [-0.1, -0.05) is 22.9 Å². The Morgan fingerprint density at radius 2 is 1.65 bits per heavy atom. The second-order valence-electron chi connectivity index (χ2n) is 9.54. The molecule has 15 heteroatoms. The fourth-order valence-corrected chi connectivity index (χ4v) is 5.89. The molecule has 5 rings (SSSR count). The first-order valence-electron chi connectivity index (χ1n) is 12.4. The smallest absolute Gasteiger partial charge is 0.406 e. The van der Waals surface area contributed by atoms with Crippen molar-refractivity contribution in [2.75, 3.05) is 6.26 Å². The summed E-state index contributed by atoms with van der Waals surface area (Å²) in [6.07, 6.45) is -2.54. The summed E-state index contributed by atoms with van der Waals surface area (Å²) in [5.41, 5.74) is 2.43. The third-order valence-electron chi connectivity index (χ3n) is 6.57. The van der Waals surface area contributed by atoms with Crippen LogP contribution in [0.2, 0.25) is 5.15 Å². The summed E-state index contributed by atoms with van der Waals surface area (Å²) in [5.74, 6) is -0.786. The number of aryl methyl sites for hydroxylation is 2. The zero-order chi connectivity index (χ0) is 31.3. The number of nitrogens with zero attached hydrogens (tertiary/aromatic N) is 5. The number of sulfone groups is 1. The van der Waals surface area contributed by atoms with E-state index < -0.39 is 34.4 Å². The highest BCUT2D eigenvalue weighted by Gasteiger charge is 2.31. The Bertz CT molecular complexity index is 1960. The van der Waals surface area contributed by atoms with Crippen LogP contribution in [0.25, 0.3) is 33.8 Å². The second kappa shape index (κ2) is 11.1. The van der Waals surface area contributed by atoms with Crippen molar-refractivity contribution >= 4 is 21.4 Å². The molecule has 0 saturated heterocycles. The topological polar surface area (TPSA) is 112 Å². The normalized spacial score (nSPS) is 12.1. The summed E-state index contributed by atoms with van der Waals surface area (Å²) in [4.78, 5) is 4.06. The molecule has 0 radical (unpaired) electrons. The third-order valence-corrected chi connectivity index (χ3v) is 8.18. The van der Waals surface area contributed by atoms with Crippen LogP contribution in [-0.4, -0.2) is 50.7 Å². The van der Waals surface area contributed by atoms with E-state index in [1.165, 1.54) is 29.1 Å². The van der Waals surface area contributed by atoms with Crippen LogP contribution in [0.3, 0.4) is 0 Å². The summed E-state index contributed by atoms with van der Waals surface area (Å²) >= 11 is 6.60. The number of ether oxygens (including phenoxy) is 1. The molecule has 0 fully saturated rings. The molecule has 0 aliphatic heterocycles. The number of halogens is 5. The highest BCUT2D eigenvalue weighted by Crippen LogP contribution is 2.35. The van der Waals surface area contributed by atoms with Crippen LogP contribution in [0.15, 0.2) is 65.7 Å². The van der Waals surface area contributed by atoms with E-state index in [4.69, 9.17) is 11.6 Å². The Labute approximate surface area is 247 Å². The summed E-state index contributed by atoms with van der Waals surface area (Å²) in [6, 6.07) is 12.4. The van der Waals surface area contributed by atoms with Gasteiger partial charge in [0.1, 0.15) is 22.5 Å². The largest absolute Gasteiger partial charge is 0.573 e. The number of aliphatic hydroxyl groups is 1. The lowest BCUT2D eigenvalue weighted by molar-refractivity contribution is -0.274. The average Bonchev–Trinajstić information content (AvgIpc) is 3.50. The molecular formula is C28H22ClF4N5O4S. The van der Waals surface area contributed by atoms with Gasteiger partial charge in [0.15, 0.2) is 9.84 Å². The first-order chi connectivity index (χ1) is 20.2. The Hall–Kier alpha value is -4.27. The number of aromatic nitrogens is 5. The lowest BCUT2D eigenvalue weighted by Gasteiger charge is -2.17. The maximum Gasteiger partial charge on any atom is 0.573 e. The Morgan fingerprint density at radius 1 is 0.977 bits per heavy atom. The highest BCUT2D eigenvalue weighted by atomic mass is 35.5. The minimum atomic E-state index is -4.86. The molecule has 9 nitrogen and oxygen atoms in total. The molecule has 0 spiro atoms. The lowest BCUT2D eigenvalue weighted by atomic mass is 10.0. The zero-order valence-electron chi connectivity index (χ0n) is 22.7. The van der Waals surface area contributed by atoms with Crippen molar-refractivity contribution in [1.82, 2.24) is 24.5 Å². The molecule has 0 bridgehead atoms. The maximum absolute atomic E-state index is 15.0. The van der Waals surface area contributed by atoms with Crippen molar-refractivity contribution in [3.8, 4) is 39.5 Å². The molecule has 0 unspecified atom stereocenters. The molecule has 0 saturated carbocycles. The lowest BCUT2D eigenvalue weighted by Crippen LogP contribution is -2.16. The summed E-state index contributed by atoms with van der Waals surface area (Å²) in [6.45, 7) is 2.65. The van der Waals surface area contributed by atoms with Gasteiger partial charge in [-0.15, -0.1) is 18.3 Å². The predicted octanol–water partition coefficient (Wildman–Crippen LogP) is 5.99. The van der Waals surface area contributed by atoms with Crippen LogP contribution in [0.4, 0.5) is 17.6 Å². The van der Waals surface area contributed by atoms with E-state index in [-0.39, 0.29) is 16.0 Å². The number of imidazole rings is 1. The van der Waals surface area contributed by atoms with E-state index in [2.05, 4.69) is 20.0 Å². The van der Waals surface area contributed by atoms with Gasteiger partial charge < -0.3 is 9.84 Å². The first-order valence-corrected chi connectivity index (χ1v) is 14.7. The van der Waals surface area contributed by atoms with Crippen LogP contribution < -0.4 is 4.74 Å². The van der Waals surface area contributed by atoms with E-state index in [1.54, 1.807) is 36.6 Å². The quantitative estimate of drug-likeness (QED) is 0.219. The van der Waals surface area contributed by atoms with Crippen molar-refractivity contribution < 1.29 is 35.8 Å². The monoisotopic (exact) mass is 635 g/mol. The fraction of sp³-hybridized carbons (Fsp3) is 0.179. The van der Waals surface area contributed by atoms with E-state index >= 15 is 4.39 Å². The Kier molecular flexibility index (Phi) is 7.79. The highest BCUT2D eigenvalue weighted by molar-refractivity contribution is 7.90. The van der Waals surface area contributed by atoms with Crippen LogP contribution in [-0.2, 0) is 16.4 Å². The van der Waals surface area contributed by atoms with Gasteiger partial charge in [-0.05, 0) is 73.5 Å². The molecule has 0 amide bonds. The number of hydrogen-bond acceptors (Lipinski definition) is 7. The first kappa shape index (κ1) is 30.2. The molecule has 3 aromatic carbocycles. The summed E-state index contributed by atoms with van der Waals surface area (Å²) in [5, 5.41) is 18.1. The van der Waals surface area contributed by atoms with Crippen molar-refractivity contribution in [3.05, 3.63) is 88.8 Å². The third kappa shape index (κ3) is 5.98. The van der Waals surface area contributed by atoms with Crippen LogP contribution >= 0.6 is 11.6 Å². The maximum atomic E-state index is 15.0. The molecule has 5 aromatic rings. The second-order valence-corrected chi connectivity index (χ2v) is 11.9. The van der Waals surface area contributed by atoms with E-state index in [9.17, 15) is 26.7 Å². The van der Waals surface area contributed by atoms with Crippen molar-refractivity contribution in [2.24, 2.45) is 0 Å². The predicted molar refractivity (Wildman–Crippen MR) is 150 cm³/mol. The van der Waals surface area contributed by atoms with Crippen LogP contribution in [0.5, 0.6) is 5.75 Å². The van der Waals surface area contributed by atoms with E-state index in [0.717, 1.165) is 24.5 Å². The Balaban J connectivity index is 1.72. The number of hydrogen-bond donors (Lipinski definition) is 1. The number of alkyl halides is 3. The number of rotatable bonds is 7. The minimum Gasteiger partial charge on any atom is -0.406 e. The molecule has 2 heterocycles. The standard InChI is InChI=1S/C28H22ClF4N5O4S/c1-15-27(29)37(16(2)35-15)23-9-6-18(19-10-22(30)21(14-39)26(12-19)43(3,40)41)11-24(23)38-25(13-34-36-38)17-4-7-20(8-5-17)42-28(31,32)33/h4-13,39H,14H2,1-3H3. The van der Waals surface area contributed by atoms with Gasteiger partial charge in [0.25, 0.3) is 0 Å². The molecule has 2 aromatic heterocycles. The number of benzene rings is 3. The van der Waals surface area contributed by atoms with Gasteiger partial charge in [-0.3, -0.25) is 4.57 Å². The number of aliphatic hydroxyl groups excluding tert-OH is 1. The van der Waals surface area contributed by atoms with Crippen molar-refractivity contribution in [1.29, 1.82) is 0 Å². The van der Waals surface area contributed by atoms with Crippen molar-refractivity contribution in [2.45, 2.75) is 31.7 Å². The van der Waals surface area contributed by atoms with Gasteiger partial charge in [0.05, 0.1) is 40.5 Å². The molecular weight excluding hydrogens is 614 g/mol. The van der Waals surface area contributed by atoms with Gasteiger partial charge in [0.2, 0.25) is 0 Å². The minimum absolute atomic E-state index is 0.197. The van der Waals surface area contributed by atoms with Crippen LogP contribution in [0, 0.1) is 19.7 Å². The molecule has 43 heavy (non-hydrogen) atoms. The average molecular weight is 636 g/mol. The van der Waals surface area contributed by atoms with Crippen molar-refractivity contribution in [3.63, 3.8) is 0 Å². The van der Waals surface area contributed by atoms with Gasteiger partial charge >= 0.3 is 6.36 Å². The zero-order valence-corrected chi connectivity index (χ0v) is 24.3. The van der Waals surface area contributed by atoms with Gasteiger partial charge in [0, 0.05) is 17.4 Å². The summed E-state index contributed by atoms with van der Waals surface area (Å²) < 4.78 is 84.9. The van der Waals surface area contributed by atoms with E-state index in [0.29, 0.717) is 44.9 Å². The molecule has 224 valence electrons. The van der Waals surface area contributed by atoms with Gasteiger partial charge in [-0.25, -0.2) is 22.5 Å². The molecule has 0 aliphatic carbocycles.